The standard InChI is InChI=1S/C18H39NO2/c1-10-16(20-11-13(2)15(4)19)14(3)18(8,9)12-21-17(5,6)7/h13-16H,10-12,19H2,1-9H3. The molecule has 0 spiro atoms. The third kappa shape index (κ3) is 8.18. The molecule has 4 unspecified atom stereocenters. The van der Waals surface area contributed by atoms with E-state index >= 15 is 0 Å². The van der Waals surface area contributed by atoms with E-state index in [1.807, 2.05) is 6.92 Å². The molecule has 0 aliphatic rings. The van der Waals surface area contributed by atoms with Gasteiger partial charge in [0.2, 0.25) is 0 Å². The van der Waals surface area contributed by atoms with Crippen molar-refractivity contribution >= 4 is 0 Å². The summed E-state index contributed by atoms with van der Waals surface area (Å²) < 4.78 is 12.2. The van der Waals surface area contributed by atoms with Crippen LogP contribution in [0.1, 0.15) is 68.7 Å². The number of rotatable bonds is 9. The van der Waals surface area contributed by atoms with Crippen molar-refractivity contribution < 1.29 is 9.47 Å². The average molecular weight is 302 g/mol. The molecule has 0 saturated carbocycles. The van der Waals surface area contributed by atoms with Gasteiger partial charge in [0.15, 0.2) is 0 Å². The molecule has 0 amide bonds. The summed E-state index contributed by atoms with van der Waals surface area (Å²) in [5.41, 5.74) is 5.92. The van der Waals surface area contributed by atoms with Gasteiger partial charge in [-0.05, 0) is 51.4 Å². The Morgan fingerprint density at radius 2 is 1.52 bits per heavy atom. The topological polar surface area (TPSA) is 44.5 Å². The van der Waals surface area contributed by atoms with Crippen LogP contribution in [0.25, 0.3) is 0 Å². The van der Waals surface area contributed by atoms with Crippen molar-refractivity contribution in [1.29, 1.82) is 0 Å². The van der Waals surface area contributed by atoms with Gasteiger partial charge >= 0.3 is 0 Å². The number of ether oxygens (including phenoxy) is 2. The highest BCUT2D eigenvalue weighted by atomic mass is 16.5. The molecule has 3 heteroatoms. The van der Waals surface area contributed by atoms with Crippen LogP contribution in [0.2, 0.25) is 0 Å². The number of hydrogen-bond donors (Lipinski definition) is 1. The van der Waals surface area contributed by atoms with Gasteiger partial charge in [0.05, 0.1) is 24.9 Å². The van der Waals surface area contributed by atoms with Crippen molar-refractivity contribution in [1.82, 2.24) is 0 Å². The first-order chi connectivity index (χ1) is 9.40. The Labute approximate surface area is 133 Å². The molecule has 0 aromatic heterocycles. The first kappa shape index (κ1) is 20.9. The maximum atomic E-state index is 6.16. The van der Waals surface area contributed by atoms with E-state index in [0.717, 1.165) is 19.6 Å². The molecule has 0 aliphatic carbocycles. The molecule has 0 bridgehead atoms. The van der Waals surface area contributed by atoms with Crippen LogP contribution in [0.4, 0.5) is 0 Å². The van der Waals surface area contributed by atoms with Gasteiger partial charge in [0, 0.05) is 6.04 Å². The fraction of sp³-hybridized carbons (Fsp3) is 1.00. The highest BCUT2D eigenvalue weighted by molar-refractivity contribution is 4.82. The van der Waals surface area contributed by atoms with E-state index in [2.05, 4.69) is 55.4 Å². The largest absolute Gasteiger partial charge is 0.378 e. The molecule has 3 nitrogen and oxygen atoms in total. The van der Waals surface area contributed by atoms with Crippen molar-refractivity contribution in [2.75, 3.05) is 13.2 Å². The first-order valence-electron chi connectivity index (χ1n) is 8.42. The van der Waals surface area contributed by atoms with Crippen molar-refractivity contribution in [3.8, 4) is 0 Å². The lowest BCUT2D eigenvalue weighted by molar-refractivity contribution is -0.0933. The quantitative estimate of drug-likeness (QED) is 0.692. The summed E-state index contributed by atoms with van der Waals surface area (Å²) in [5.74, 6) is 0.824. The van der Waals surface area contributed by atoms with E-state index in [9.17, 15) is 0 Å². The van der Waals surface area contributed by atoms with Gasteiger partial charge in [-0.2, -0.15) is 0 Å². The van der Waals surface area contributed by atoms with Crippen LogP contribution in [0, 0.1) is 17.3 Å². The van der Waals surface area contributed by atoms with Gasteiger partial charge in [-0.3, -0.25) is 0 Å². The Bertz CT molecular complexity index is 281. The van der Waals surface area contributed by atoms with Gasteiger partial charge < -0.3 is 15.2 Å². The van der Waals surface area contributed by atoms with Crippen LogP contribution in [0.5, 0.6) is 0 Å². The molecular weight excluding hydrogens is 262 g/mol. The van der Waals surface area contributed by atoms with Crippen LogP contribution in [-0.2, 0) is 9.47 Å². The second-order valence-electron chi connectivity index (χ2n) is 8.29. The SMILES string of the molecule is CCC(OCC(C)C(C)N)C(C)C(C)(C)COC(C)(C)C. The molecule has 4 atom stereocenters. The van der Waals surface area contributed by atoms with Crippen LogP contribution in [0.3, 0.4) is 0 Å². The predicted molar refractivity (Wildman–Crippen MR) is 91.5 cm³/mol. The van der Waals surface area contributed by atoms with Crippen molar-refractivity contribution in [2.24, 2.45) is 23.0 Å². The first-order valence-corrected chi connectivity index (χ1v) is 8.42. The Kier molecular flexibility index (Phi) is 8.45. The van der Waals surface area contributed by atoms with E-state index in [0.29, 0.717) is 11.8 Å². The zero-order valence-electron chi connectivity index (χ0n) is 15.8. The Balaban J connectivity index is 4.56. The predicted octanol–water partition coefficient (Wildman–Crippen LogP) is 4.24. The smallest absolute Gasteiger partial charge is 0.0604 e. The minimum atomic E-state index is -0.0942. The van der Waals surface area contributed by atoms with E-state index in [4.69, 9.17) is 15.2 Å². The molecule has 128 valence electrons. The molecule has 0 radical (unpaired) electrons. The van der Waals surface area contributed by atoms with Crippen molar-refractivity contribution in [3.05, 3.63) is 0 Å². The average Bonchev–Trinajstić information content (AvgIpc) is 2.35. The third-order valence-electron chi connectivity index (χ3n) is 4.54. The number of hydrogen-bond acceptors (Lipinski definition) is 3. The van der Waals surface area contributed by atoms with Crippen LogP contribution in [0.15, 0.2) is 0 Å². The minimum Gasteiger partial charge on any atom is -0.378 e. The fourth-order valence-corrected chi connectivity index (χ4v) is 2.08. The minimum absolute atomic E-state index is 0.0888. The summed E-state index contributed by atoms with van der Waals surface area (Å²) in [6, 6.07) is 0.176. The summed E-state index contributed by atoms with van der Waals surface area (Å²) in [6.07, 6.45) is 1.27. The van der Waals surface area contributed by atoms with Gasteiger partial charge in [-0.1, -0.05) is 34.6 Å². The summed E-state index contributed by atoms with van der Waals surface area (Å²) in [4.78, 5) is 0. The maximum Gasteiger partial charge on any atom is 0.0604 e. The lowest BCUT2D eigenvalue weighted by atomic mass is 9.76. The van der Waals surface area contributed by atoms with Crippen LogP contribution < -0.4 is 5.73 Å². The second kappa shape index (κ2) is 8.50. The highest BCUT2D eigenvalue weighted by Crippen LogP contribution is 2.33. The van der Waals surface area contributed by atoms with E-state index in [1.54, 1.807) is 0 Å². The molecular formula is C18H39NO2. The lowest BCUT2D eigenvalue weighted by Crippen LogP contribution is -2.40. The molecule has 0 heterocycles. The van der Waals surface area contributed by atoms with E-state index < -0.39 is 0 Å². The molecule has 2 N–H and O–H groups in total. The summed E-state index contributed by atoms with van der Waals surface area (Å²) in [5, 5.41) is 0. The molecule has 21 heavy (non-hydrogen) atoms. The number of nitrogens with two attached hydrogens (primary N) is 1. The van der Waals surface area contributed by atoms with Gasteiger partial charge in [0.1, 0.15) is 0 Å². The molecule has 0 rings (SSSR count). The van der Waals surface area contributed by atoms with Crippen LogP contribution >= 0.6 is 0 Å². The normalized spacial score (nSPS) is 19.1. The summed E-state index contributed by atoms with van der Waals surface area (Å²) >= 11 is 0. The van der Waals surface area contributed by atoms with Crippen LogP contribution in [-0.4, -0.2) is 31.0 Å². The van der Waals surface area contributed by atoms with Gasteiger partial charge in [-0.15, -0.1) is 0 Å². The Morgan fingerprint density at radius 3 is 1.90 bits per heavy atom. The molecule has 0 saturated heterocycles. The monoisotopic (exact) mass is 301 g/mol. The summed E-state index contributed by atoms with van der Waals surface area (Å²) in [6.45, 7) is 21.0. The summed E-state index contributed by atoms with van der Waals surface area (Å²) in [7, 11) is 0. The molecule has 0 aromatic carbocycles. The Morgan fingerprint density at radius 1 is 1.00 bits per heavy atom. The van der Waals surface area contributed by atoms with Gasteiger partial charge in [0.25, 0.3) is 0 Å². The van der Waals surface area contributed by atoms with E-state index in [-0.39, 0.29) is 23.2 Å². The molecule has 0 aliphatic heterocycles. The fourth-order valence-electron chi connectivity index (χ4n) is 2.08. The maximum absolute atomic E-state index is 6.16. The van der Waals surface area contributed by atoms with Gasteiger partial charge in [-0.25, -0.2) is 0 Å². The Hall–Kier alpha value is -0.120. The van der Waals surface area contributed by atoms with Crippen molar-refractivity contribution in [2.45, 2.75) is 86.5 Å². The second-order valence-corrected chi connectivity index (χ2v) is 8.29. The van der Waals surface area contributed by atoms with Crippen molar-refractivity contribution in [3.63, 3.8) is 0 Å². The highest BCUT2D eigenvalue weighted by Gasteiger charge is 2.33. The van der Waals surface area contributed by atoms with E-state index in [1.165, 1.54) is 0 Å². The lowest BCUT2D eigenvalue weighted by Gasteiger charge is -2.39. The molecule has 0 aromatic rings. The molecule has 0 fully saturated rings. The zero-order chi connectivity index (χ0) is 16.8. The third-order valence-corrected chi connectivity index (χ3v) is 4.54. The zero-order valence-corrected chi connectivity index (χ0v) is 15.8.